The van der Waals surface area contributed by atoms with Crippen LogP contribution in [0, 0.1) is 0 Å². The highest BCUT2D eigenvalue weighted by atomic mass is 35.5. The Hall–Kier alpha value is -3.71. The van der Waals surface area contributed by atoms with Crippen molar-refractivity contribution in [1.29, 1.82) is 0 Å². The minimum absolute atomic E-state index is 0.0944. The van der Waals surface area contributed by atoms with Crippen LogP contribution in [0.25, 0.3) is 22.3 Å². The van der Waals surface area contributed by atoms with Gasteiger partial charge < -0.3 is 10.6 Å². The van der Waals surface area contributed by atoms with Crippen molar-refractivity contribution in [1.82, 2.24) is 25.4 Å². The molecule has 0 bridgehead atoms. The van der Waals surface area contributed by atoms with Crippen LogP contribution in [0.1, 0.15) is 40.6 Å². The molecule has 4 aromatic rings. The van der Waals surface area contributed by atoms with E-state index in [-0.39, 0.29) is 30.9 Å². The maximum atomic E-state index is 13.1. The fourth-order valence-electron chi connectivity index (χ4n) is 3.53. The van der Waals surface area contributed by atoms with Gasteiger partial charge in [0.2, 0.25) is 0 Å². The molecular weight excluding hydrogens is 438 g/mol. The third kappa shape index (κ3) is 4.88. The summed E-state index contributed by atoms with van der Waals surface area (Å²) in [4.78, 5) is 30.2. The second-order valence-corrected chi connectivity index (χ2v) is 8.24. The number of aromatic nitrogens is 3. The van der Waals surface area contributed by atoms with Gasteiger partial charge in [0, 0.05) is 24.7 Å². The average molecular weight is 462 g/mol. The second kappa shape index (κ2) is 9.83. The average Bonchev–Trinajstić information content (AvgIpc) is 3.26. The topological polar surface area (TPSA) is 88.9 Å². The molecule has 168 valence electrons. The minimum Gasteiger partial charge on any atom is -0.350 e. The number of hydrogen-bond donors (Lipinski definition) is 2. The number of hydrogen-bond acceptors (Lipinski definition) is 4. The summed E-state index contributed by atoms with van der Waals surface area (Å²) in [6, 6.07) is 18.4. The summed E-state index contributed by atoms with van der Waals surface area (Å²) in [5.41, 5.74) is 3.15. The number of carbonyl (C=O) groups is 2. The van der Waals surface area contributed by atoms with Crippen LogP contribution in [-0.2, 0) is 0 Å². The third-order valence-electron chi connectivity index (χ3n) is 5.18. The summed E-state index contributed by atoms with van der Waals surface area (Å²) in [6.07, 6.45) is 1.67. The number of rotatable bonds is 7. The number of benzene rings is 2. The lowest BCUT2D eigenvalue weighted by atomic mass is 10.1. The van der Waals surface area contributed by atoms with E-state index in [1.165, 1.54) is 0 Å². The maximum absolute atomic E-state index is 13.1. The molecule has 0 unspecified atom stereocenters. The lowest BCUT2D eigenvalue weighted by molar-refractivity contribution is 0.0928. The molecular formula is C25H24ClN5O2. The van der Waals surface area contributed by atoms with Gasteiger partial charge in [-0.1, -0.05) is 54.1 Å². The summed E-state index contributed by atoms with van der Waals surface area (Å²) in [7, 11) is 0. The molecule has 0 saturated carbocycles. The van der Waals surface area contributed by atoms with Crippen molar-refractivity contribution < 1.29 is 9.59 Å². The lowest BCUT2D eigenvalue weighted by Gasteiger charge is -2.11. The number of halogens is 1. The first-order chi connectivity index (χ1) is 16.0. The predicted molar refractivity (Wildman–Crippen MR) is 129 cm³/mol. The van der Waals surface area contributed by atoms with Gasteiger partial charge in [0.25, 0.3) is 11.8 Å². The number of amides is 2. The van der Waals surface area contributed by atoms with E-state index in [1.54, 1.807) is 36.5 Å². The Morgan fingerprint density at radius 2 is 1.58 bits per heavy atom. The quantitative estimate of drug-likeness (QED) is 0.397. The van der Waals surface area contributed by atoms with E-state index in [0.29, 0.717) is 32.9 Å². The van der Waals surface area contributed by atoms with E-state index in [4.69, 9.17) is 16.6 Å². The molecule has 7 nitrogen and oxygen atoms in total. The van der Waals surface area contributed by atoms with E-state index in [0.717, 1.165) is 5.56 Å². The van der Waals surface area contributed by atoms with E-state index in [2.05, 4.69) is 15.7 Å². The molecule has 2 amide bonds. The smallest absolute Gasteiger partial charge is 0.252 e. The van der Waals surface area contributed by atoms with Crippen LogP contribution < -0.4 is 10.6 Å². The highest BCUT2D eigenvalue weighted by Crippen LogP contribution is 2.26. The largest absolute Gasteiger partial charge is 0.350 e. The fourth-order valence-corrected chi connectivity index (χ4v) is 3.75. The standard InChI is InChI=1S/C25H24ClN5O2/c1-16(2)31-23-20(15-29-31)19(14-22(30-23)17-8-4-3-5-9-17)25(33)28-13-12-27-24(32)18-10-6-7-11-21(18)26/h3-11,14-16H,12-13H2,1-2H3,(H,27,32)(H,28,33). The summed E-state index contributed by atoms with van der Waals surface area (Å²) < 4.78 is 1.81. The van der Waals surface area contributed by atoms with E-state index < -0.39 is 0 Å². The minimum atomic E-state index is -0.286. The Balaban J connectivity index is 1.52. The number of nitrogens with zero attached hydrogens (tertiary/aromatic N) is 3. The van der Waals surface area contributed by atoms with Crippen molar-refractivity contribution in [2.24, 2.45) is 0 Å². The molecule has 0 radical (unpaired) electrons. The Morgan fingerprint density at radius 1 is 0.939 bits per heavy atom. The Bertz CT molecular complexity index is 1300. The number of pyridine rings is 1. The predicted octanol–water partition coefficient (Wildman–Crippen LogP) is 4.49. The third-order valence-corrected chi connectivity index (χ3v) is 5.51. The molecule has 0 saturated heterocycles. The summed E-state index contributed by atoms with van der Waals surface area (Å²) in [5, 5.41) is 11.2. The monoisotopic (exact) mass is 461 g/mol. The zero-order valence-corrected chi connectivity index (χ0v) is 19.1. The van der Waals surface area contributed by atoms with Crippen molar-refractivity contribution in [3.63, 3.8) is 0 Å². The molecule has 2 heterocycles. The highest BCUT2D eigenvalue weighted by molar-refractivity contribution is 6.33. The molecule has 33 heavy (non-hydrogen) atoms. The second-order valence-electron chi connectivity index (χ2n) is 7.83. The van der Waals surface area contributed by atoms with Gasteiger partial charge >= 0.3 is 0 Å². The molecule has 2 aromatic heterocycles. The van der Waals surface area contributed by atoms with Crippen LogP contribution in [0.4, 0.5) is 0 Å². The number of nitrogens with one attached hydrogen (secondary N) is 2. The van der Waals surface area contributed by atoms with Crippen LogP contribution in [0.2, 0.25) is 5.02 Å². The summed E-state index contributed by atoms with van der Waals surface area (Å²) in [6.45, 7) is 4.56. The molecule has 4 rings (SSSR count). The van der Waals surface area contributed by atoms with Gasteiger partial charge in [0.1, 0.15) is 0 Å². The van der Waals surface area contributed by atoms with Gasteiger partial charge in [-0.25, -0.2) is 9.67 Å². The normalized spacial score (nSPS) is 11.0. The van der Waals surface area contributed by atoms with Crippen molar-refractivity contribution in [2.75, 3.05) is 13.1 Å². The van der Waals surface area contributed by atoms with Gasteiger partial charge in [-0.3, -0.25) is 9.59 Å². The van der Waals surface area contributed by atoms with Crippen LogP contribution >= 0.6 is 11.6 Å². The molecule has 8 heteroatoms. The molecule has 0 fully saturated rings. The van der Waals surface area contributed by atoms with Crippen molar-refractivity contribution in [2.45, 2.75) is 19.9 Å². The van der Waals surface area contributed by atoms with Gasteiger partial charge in [-0.15, -0.1) is 0 Å². The Labute approximate surface area is 196 Å². The molecule has 0 spiro atoms. The van der Waals surface area contributed by atoms with E-state index >= 15 is 0 Å². The van der Waals surface area contributed by atoms with Crippen LogP contribution in [0.15, 0.2) is 66.9 Å². The van der Waals surface area contributed by atoms with Gasteiger partial charge in [0.05, 0.1) is 33.4 Å². The Kier molecular flexibility index (Phi) is 6.70. The first kappa shape index (κ1) is 22.5. The summed E-state index contributed by atoms with van der Waals surface area (Å²) >= 11 is 6.06. The Morgan fingerprint density at radius 3 is 2.24 bits per heavy atom. The molecule has 2 N–H and O–H groups in total. The molecule has 0 aliphatic heterocycles. The van der Waals surface area contributed by atoms with Gasteiger partial charge in [-0.2, -0.15) is 5.10 Å². The zero-order valence-electron chi connectivity index (χ0n) is 18.4. The zero-order chi connectivity index (χ0) is 23.4. The lowest BCUT2D eigenvalue weighted by Crippen LogP contribution is -2.34. The first-order valence-corrected chi connectivity index (χ1v) is 11.1. The molecule has 2 aromatic carbocycles. The van der Waals surface area contributed by atoms with Crippen LogP contribution in [-0.4, -0.2) is 39.7 Å². The van der Waals surface area contributed by atoms with E-state index in [1.807, 2.05) is 48.9 Å². The SMILES string of the molecule is CC(C)n1ncc2c(C(=O)NCCNC(=O)c3ccccc3Cl)cc(-c3ccccc3)nc21. The van der Waals surface area contributed by atoms with Crippen LogP contribution in [0.3, 0.4) is 0 Å². The molecule has 0 atom stereocenters. The molecule has 0 aliphatic rings. The summed E-state index contributed by atoms with van der Waals surface area (Å²) in [5.74, 6) is -0.541. The maximum Gasteiger partial charge on any atom is 0.252 e. The highest BCUT2D eigenvalue weighted by Gasteiger charge is 2.18. The number of fused-ring (bicyclic) bond motifs is 1. The van der Waals surface area contributed by atoms with Crippen LogP contribution in [0.5, 0.6) is 0 Å². The van der Waals surface area contributed by atoms with Crippen molar-refractivity contribution in [3.05, 3.63) is 83.0 Å². The van der Waals surface area contributed by atoms with E-state index in [9.17, 15) is 9.59 Å². The van der Waals surface area contributed by atoms with Crippen molar-refractivity contribution >= 4 is 34.4 Å². The van der Waals surface area contributed by atoms with Gasteiger partial charge in [0.15, 0.2) is 5.65 Å². The fraction of sp³-hybridized carbons (Fsp3) is 0.200. The number of carbonyl (C=O) groups excluding carboxylic acids is 2. The first-order valence-electron chi connectivity index (χ1n) is 10.7. The molecule has 0 aliphatic carbocycles. The van der Waals surface area contributed by atoms with Crippen molar-refractivity contribution in [3.8, 4) is 11.3 Å². The van der Waals surface area contributed by atoms with Gasteiger partial charge in [-0.05, 0) is 32.0 Å².